The molecule has 76 valence electrons. The predicted molar refractivity (Wildman–Crippen MR) is 56.9 cm³/mol. The van der Waals surface area contributed by atoms with E-state index >= 15 is 0 Å². The SMILES string of the molecule is Clc1cc(NCC2CNC2)c(Cl)nn1. The Morgan fingerprint density at radius 2 is 2.21 bits per heavy atom. The molecule has 2 heterocycles. The highest BCUT2D eigenvalue weighted by atomic mass is 35.5. The summed E-state index contributed by atoms with van der Waals surface area (Å²) < 4.78 is 0. The first-order valence-corrected chi connectivity index (χ1v) is 5.14. The van der Waals surface area contributed by atoms with Crippen molar-refractivity contribution >= 4 is 28.9 Å². The standard InChI is InChI=1S/C8H10Cl2N4/c9-7-1-6(8(10)14-13-7)12-4-5-2-11-3-5/h1,5,11H,2-4H2,(H,12,13). The Kier molecular flexibility index (Phi) is 3.05. The van der Waals surface area contributed by atoms with Crippen LogP contribution in [0.15, 0.2) is 6.07 Å². The van der Waals surface area contributed by atoms with Gasteiger partial charge in [0.25, 0.3) is 0 Å². The van der Waals surface area contributed by atoms with Crippen molar-refractivity contribution in [2.75, 3.05) is 25.0 Å². The lowest BCUT2D eigenvalue weighted by Gasteiger charge is -2.27. The summed E-state index contributed by atoms with van der Waals surface area (Å²) in [6.45, 7) is 2.99. The van der Waals surface area contributed by atoms with Gasteiger partial charge in [0.1, 0.15) is 0 Å². The Bertz CT molecular complexity index is 327. The lowest BCUT2D eigenvalue weighted by molar-refractivity contribution is 0.365. The quantitative estimate of drug-likeness (QED) is 0.828. The summed E-state index contributed by atoms with van der Waals surface area (Å²) in [6, 6.07) is 1.68. The Hall–Kier alpha value is -0.580. The zero-order valence-electron chi connectivity index (χ0n) is 7.43. The fourth-order valence-electron chi connectivity index (χ4n) is 1.22. The van der Waals surface area contributed by atoms with E-state index in [-0.39, 0.29) is 0 Å². The molecular formula is C8H10Cl2N4. The van der Waals surface area contributed by atoms with Crippen LogP contribution in [0.4, 0.5) is 5.69 Å². The molecule has 0 amide bonds. The summed E-state index contributed by atoms with van der Waals surface area (Å²) in [4.78, 5) is 0. The molecule has 0 saturated carbocycles. The van der Waals surface area contributed by atoms with Crippen LogP contribution in [0.5, 0.6) is 0 Å². The third-order valence-corrected chi connectivity index (χ3v) is 2.63. The number of nitrogens with zero attached hydrogens (tertiary/aromatic N) is 2. The van der Waals surface area contributed by atoms with E-state index in [0.717, 1.165) is 25.3 Å². The molecule has 0 aromatic carbocycles. The summed E-state index contributed by atoms with van der Waals surface area (Å²) in [5, 5.41) is 14.4. The average Bonchev–Trinajstić information content (AvgIpc) is 2.08. The smallest absolute Gasteiger partial charge is 0.174 e. The third-order valence-electron chi connectivity index (χ3n) is 2.17. The Balaban J connectivity index is 1.96. The van der Waals surface area contributed by atoms with E-state index < -0.39 is 0 Å². The summed E-state index contributed by atoms with van der Waals surface area (Å²) in [6.07, 6.45) is 0. The van der Waals surface area contributed by atoms with E-state index in [1.807, 2.05) is 0 Å². The van der Waals surface area contributed by atoms with Crippen molar-refractivity contribution in [2.24, 2.45) is 5.92 Å². The number of rotatable bonds is 3. The highest BCUT2D eigenvalue weighted by molar-refractivity contribution is 6.33. The predicted octanol–water partition coefficient (Wildman–Crippen LogP) is 1.41. The molecular weight excluding hydrogens is 223 g/mol. The first-order chi connectivity index (χ1) is 6.75. The Morgan fingerprint density at radius 3 is 2.86 bits per heavy atom. The van der Waals surface area contributed by atoms with E-state index in [1.54, 1.807) is 6.07 Å². The summed E-state index contributed by atoms with van der Waals surface area (Å²) in [5.74, 6) is 0.665. The van der Waals surface area contributed by atoms with Crippen LogP contribution in [0, 0.1) is 5.92 Å². The molecule has 1 saturated heterocycles. The molecule has 0 bridgehead atoms. The number of halogens is 2. The van der Waals surface area contributed by atoms with Crippen LogP contribution < -0.4 is 10.6 Å². The van der Waals surface area contributed by atoms with Gasteiger partial charge in [-0.1, -0.05) is 23.2 Å². The molecule has 0 unspecified atom stereocenters. The minimum absolute atomic E-state index is 0.351. The second-order valence-electron chi connectivity index (χ2n) is 3.28. The fraction of sp³-hybridized carbons (Fsp3) is 0.500. The van der Waals surface area contributed by atoms with Gasteiger partial charge < -0.3 is 10.6 Å². The normalized spacial score (nSPS) is 16.4. The Morgan fingerprint density at radius 1 is 1.43 bits per heavy atom. The number of anilines is 1. The Labute approximate surface area is 92.0 Å². The van der Waals surface area contributed by atoms with Crippen molar-refractivity contribution in [3.8, 4) is 0 Å². The molecule has 0 radical (unpaired) electrons. The van der Waals surface area contributed by atoms with Gasteiger partial charge in [-0.25, -0.2) is 0 Å². The van der Waals surface area contributed by atoms with Gasteiger partial charge in [0.15, 0.2) is 10.3 Å². The molecule has 1 aromatic rings. The van der Waals surface area contributed by atoms with Crippen LogP contribution in [0.3, 0.4) is 0 Å². The maximum Gasteiger partial charge on any atom is 0.174 e. The molecule has 0 aliphatic carbocycles. The van der Waals surface area contributed by atoms with E-state index in [1.165, 1.54) is 0 Å². The molecule has 14 heavy (non-hydrogen) atoms. The van der Waals surface area contributed by atoms with Gasteiger partial charge >= 0.3 is 0 Å². The highest BCUT2D eigenvalue weighted by Crippen LogP contribution is 2.21. The van der Waals surface area contributed by atoms with Gasteiger partial charge in [0, 0.05) is 31.6 Å². The molecule has 6 heteroatoms. The number of nitrogens with one attached hydrogen (secondary N) is 2. The van der Waals surface area contributed by atoms with Crippen LogP contribution in [-0.4, -0.2) is 29.8 Å². The average molecular weight is 233 g/mol. The zero-order chi connectivity index (χ0) is 9.97. The minimum Gasteiger partial charge on any atom is -0.382 e. The maximum atomic E-state index is 5.83. The van der Waals surface area contributed by atoms with Gasteiger partial charge in [-0.2, -0.15) is 0 Å². The third kappa shape index (κ3) is 2.26. The molecule has 0 atom stereocenters. The van der Waals surface area contributed by atoms with Crippen LogP contribution in [0.25, 0.3) is 0 Å². The van der Waals surface area contributed by atoms with Crippen molar-refractivity contribution in [1.82, 2.24) is 15.5 Å². The maximum absolute atomic E-state index is 5.83. The molecule has 4 nitrogen and oxygen atoms in total. The van der Waals surface area contributed by atoms with Gasteiger partial charge in [-0.15, -0.1) is 10.2 Å². The largest absolute Gasteiger partial charge is 0.382 e. The summed E-state index contributed by atoms with van der Waals surface area (Å²) in [5.41, 5.74) is 0.749. The molecule has 2 N–H and O–H groups in total. The van der Waals surface area contributed by atoms with Crippen LogP contribution in [0.2, 0.25) is 10.3 Å². The number of hydrogen-bond acceptors (Lipinski definition) is 4. The molecule has 1 fully saturated rings. The topological polar surface area (TPSA) is 49.8 Å². The molecule has 1 aromatic heterocycles. The lowest BCUT2D eigenvalue weighted by atomic mass is 10.0. The summed E-state index contributed by atoms with van der Waals surface area (Å²) in [7, 11) is 0. The summed E-state index contributed by atoms with van der Waals surface area (Å²) >= 11 is 11.5. The second kappa shape index (κ2) is 4.29. The first-order valence-electron chi connectivity index (χ1n) is 4.39. The van der Waals surface area contributed by atoms with E-state index in [9.17, 15) is 0 Å². The number of aromatic nitrogens is 2. The van der Waals surface area contributed by atoms with Crippen LogP contribution in [0.1, 0.15) is 0 Å². The number of hydrogen-bond donors (Lipinski definition) is 2. The zero-order valence-corrected chi connectivity index (χ0v) is 8.94. The van der Waals surface area contributed by atoms with Gasteiger partial charge in [0.2, 0.25) is 0 Å². The van der Waals surface area contributed by atoms with Crippen molar-refractivity contribution in [3.63, 3.8) is 0 Å². The fourth-order valence-corrected chi connectivity index (χ4v) is 1.53. The van der Waals surface area contributed by atoms with E-state index in [4.69, 9.17) is 23.2 Å². The van der Waals surface area contributed by atoms with Gasteiger partial charge in [-0.05, 0) is 0 Å². The molecule has 2 rings (SSSR count). The second-order valence-corrected chi connectivity index (χ2v) is 4.02. The van der Waals surface area contributed by atoms with Crippen molar-refractivity contribution in [2.45, 2.75) is 0 Å². The monoisotopic (exact) mass is 232 g/mol. The lowest BCUT2D eigenvalue weighted by Crippen LogP contribution is -2.45. The van der Waals surface area contributed by atoms with Gasteiger partial charge in [-0.3, -0.25) is 0 Å². The van der Waals surface area contributed by atoms with Crippen molar-refractivity contribution in [3.05, 3.63) is 16.4 Å². The van der Waals surface area contributed by atoms with E-state index in [0.29, 0.717) is 16.2 Å². The first kappa shape index (κ1) is 9.96. The van der Waals surface area contributed by atoms with Crippen LogP contribution in [-0.2, 0) is 0 Å². The van der Waals surface area contributed by atoms with Gasteiger partial charge in [0.05, 0.1) is 5.69 Å². The molecule has 0 spiro atoms. The van der Waals surface area contributed by atoms with E-state index in [2.05, 4.69) is 20.8 Å². The molecule has 1 aliphatic heterocycles. The highest BCUT2D eigenvalue weighted by Gasteiger charge is 2.16. The minimum atomic E-state index is 0.351. The van der Waals surface area contributed by atoms with Crippen molar-refractivity contribution < 1.29 is 0 Å². The van der Waals surface area contributed by atoms with Crippen LogP contribution >= 0.6 is 23.2 Å². The van der Waals surface area contributed by atoms with Crippen molar-refractivity contribution in [1.29, 1.82) is 0 Å². The molecule has 1 aliphatic rings.